The number of aliphatic hydroxyl groups excluding tert-OH is 1. The van der Waals surface area contributed by atoms with Crippen LogP contribution in [-0.4, -0.2) is 76.7 Å². The van der Waals surface area contributed by atoms with E-state index in [4.69, 9.17) is 4.74 Å². The topological polar surface area (TPSA) is 100.0 Å². The molecule has 0 bridgehead atoms. The molecule has 0 amide bonds. The zero-order valence-corrected chi connectivity index (χ0v) is 41.6. The lowest BCUT2D eigenvalue weighted by Crippen LogP contribution is -2.23. The van der Waals surface area contributed by atoms with E-state index < -0.39 is 12.3 Å². The molecule has 1 aliphatic carbocycles. The zero-order valence-electron chi connectivity index (χ0n) is 40.8. The highest BCUT2D eigenvalue weighted by atomic mass is 32.2. The normalized spacial score (nSPS) is 14.2. The number of aliphatic hydroxyl groups is 2. The molecule has 0 spiro atoms. The lowest BCUT2D eigenvalue weighted by atomic mass is 9.78. The van der Waals surface area contributed by atoms with E-state index in [-0.39, 0.29) is 5.56 Å². The summed E-state index contributed by atoms with van der Waals surface area (Å²) in [4.78, 5) is 25.3. The average molecular weight is 949 g/mol. The van der Waals surface area contributed by atoms with E-state index in [0.717, 1.165) is 128 Å². The van der Waals surface area contributed by atoms with Crippen molar-refractivity contribution in [2.24, 2.45) is 0 Å². The maximum absolute atomic E-state index is 15.0. The summed E-state index contributed by atoms with van der Waals surface area (Å²) >= 11 is 1.55. The first kappa shape index (κ1) is 46.7. The minimum Gasteiger partial charge on any atom is -0.478 e. The number of aromatic carboxylic acids is 1. The van der Waals surface area contributed by atoms with E-state index in [1.165, 1.54) is 10.8 Å². The van der Waals surface area contributed by atoms with Crippen LogP contribution in [0.5, 0.6) is 11.5 Å². The van der Waals surface area contributed by atoms with E-state index in [2.05, 4.69) is 99.6 Å². The van der Waals surface area contributed by atoms with Crippen molar-refractivity contribution in [2.45, 2.75) is 54.6 Å². The van der Waals surface area contributed by atoms with Crippen molar-refractivity contribution in [3.8, 4) is 44.9 Å². The fourth-order valence-electron chi connectivity index (χ4n) is 10.4. The van der Waals surface area contributed by atoms with E-state index in [0.29, 0.717) is 28.2 Å². The lowest BCUT2D eigenvalue weighted by Gasteiger charge is -2.30. The van der Waals surface area contributed by atoms with E-state index in [9.17, 15) is 15.3 Å². The Morgan fingerprint density at radius 3 is 1.63 bits per heavy atom. The Balaban J connectivity index is 1.42. The molecule has 2 fully saturated rings. The molecule has 9 nitrogen and oxygen atoms in total. The third kappa shape index (κ3) is 8.92. The van der Waals surface area contributed by atoms with Crippen molar-refractivity contribution in [3.63, 3.8) is 0 Å². The first-order chi connectivity index (χ1) is 33.8. The van der Waals surface area contributed by atoms with Crippen LogP contribution >= 0.6 is 11.8 Å². The van der Waals surface area contributed by atoms with Gasteiger partial charge in [-0.3, -0.25) is 0 Å². The van der Waals surface area contributed by atoms with Gasteiger partial charge in [-0.1, -0.05) is 71.9 Å². The van der Waals surface area contributed by atoms with Gasteiger partial charge in [-0.05, 0) is 133 Å². The fourth-order valence-corrected chi connectivity index (χ4v) is 11.5. The van der Waals surface area contributed by atoms with Gasteiger partial charge in [-0.15, -0.1) is 0 Å². The highest BCUT2D eigenvalue weighted by molar-refractivity contribution is 7.99. The van der Waals surface area contributed by atoms with E-state index in [1.807, 2.05) is 83.6 Å². The number of benzene rings is 7. The Labute approximate surface area is 415 Å². The van der Waals surface area contributed by atoms with Crippen molar-refractivity contribution in [1.82, 2.24) is 0 Å². The first-order valence-corrected chi connectivity index (χ1v) is 25.0. The number of anilines is 4. The number of nitrogens with zero attached hydrogens (tertiary/aromatic N) is 4. The van der Waals surface area contributed by atoms with Gasteiger partial charge in [0.15, 0.2) is 6.29 Å². The number of ether oxygens (including phenoxy) is 1. The fraction of sp³-hybridized carbons (Fsp3) is 0.250. The maximum atomic E-state index is 15.0. The van der Waals surface area contributed by atoms with Crippen molar-refractivity contribution >= 4 is 51.6 Å². The van der Waals surface area contributed by atoms with Crippen molar-refractivity contribution in [1.29, 1.82) is 0 Å². The highest BCUT2D eigenvalue weighted by Gasteiger charge is 2.35. The number of rotatable bonds is 12. The molecule has 7 aromatic rings. The summed E-state index contributed by atoms with van der Waals surface area (Å²) in [5, 5.41) is 34.6. The second-order valence-corrected chi connectivity index (χ2v) is 20.3. The SMILES string of the molecule is CN(C)c1ccc(-c2c(Sc3ccc(C(O)O)cc3)c(-c3ccc(N(C)C)cc3)c(-c3ccc(N(C)C)cc3)c(C(=O)O)c2C2=c3ccc(=C4CCCC4)cc3Oc3cc(N4CCCC4)ccc32)cc1. The van der Waals surface area contributed by atoms with Gasteiger partial charge in [0, 0.05) is 138 Å². The van der Waals surface area contributed by atoms with Crippen molar-refractivity contribution in [2.75, 3.05) is 75.0 Å². The minimum absolute atomic E-state index is 0.186. The largest absolute Gasteiger partial charge is 0.478 e. The molecule has 0 unspecified atom stereocenters. The van der Waals surface area contributed by atoms with Gasteiger partial charge < -0.3 is 39.7 Å². The summed E-state index contributed by atoms with van der Waals surface area (Å²) < 4.78 is 7.08. The van der Waals surface area contributed by atoms with Gasteiger partial charge in [0.25, 0.3) is 0 Å². The molecule has 10 rings (SSSR count). The molecule has 0 atom stereocenters. The number of fused-ring (bicyclic) bond motifs is 2. The molecule has 356 valence electrons. The van der Waals surface area contributed by atoms with Crippen LogP contribution in [0.15, 0.2) is 143 Å². The third-order valence-corrected chi connectivity index (χ3v) is 15.2. The van der Waals surface area contributed by atoms with E-state index in [1.54, 1.807) is 23.9 Å². The molecule has 1 saturated heterocycles. The summed E-state index contributed by atoms with van der Waals surface area (Å²) in [6.45, 7) is 1.94. The minimum atomic E-state index is -1.63. The van der Waals surface area contributed by atoms with Crippen LogP contribution in [0.2, 0.25) is 0 Å². The maximum Gasteiger partial charge on any atom is 0.337 e. The molecular weight excluding hydrogens is 889 g/mol. The molecular formula is C60H60N4O5S. The molecule has 2 aliphatic heterocycles. The summed E-state index contributed by atoms with van der Waals surface area (Å²) in [7, 11) is 12.1. The highest BCUT2D eigenvalue weighted by Crippen LogP contribution is 2.55. The predicted octanol–water partition coefficient (Wildman–Crippen LogP) is 11.4. The Bertz CT molecular complexity index is 3220. The van der Waals surface area contributed by atoms with Crippen LogP contribution in [0.3, 0.4) is 0 Å². The number of hydrogen-bond acceptors (Lipinski definition) is 9. The molecule has 2 heterocycles. The summed E-state index contributed by atoms with van der Waals surface area (Å²) in [6.07, 6.45) is 5.06. The molecule has 10 heteroatoms. The summed E-state index contributed by atoms with van der Waals surface area (Å²) in [6, 6.07) is 45.2. The standard InChI is InChI=1S/C60H60N4O5S/c1-61(2)43-22-13-38(14-23-43)52-53(39-15-24-44(25-16-39)62(3)4)58(70-47-29-19-41(20-30-47)59(65)66)54(40-17-26-45(27-18-40)63(5)6)56(57(52)60(67)68)55-48-31-21-42(37-11-7-8-12-37)35-50(48)69-51-36-46(28-32-49(51)55)64-33-9-10-34-64/h13-32,35-36,59,65-66H,7-12,33-34H2,1-6H3,(H,67,68). The van der Waals surface area contributed by atoms with Crippen LogP contribution in [0.25, 0.3) is 44.5 Å². The third-order valence-electron chi connectivity index (χ3n) is 14.1. The second kappa shape index (κ2) is 19.4. The summed E-state index contributed by atoms with van der Waals surface area (Å²) in [5.74, 6) is 0.347. The lowest BCUT2D eigenvalue weighted by molar-refractivity contribution is -0.0425. The number of carboxylic acid groups (broad SMARTS) is 1. The van der Waals surface area contributed by atoms with E-state index >= 15 is 4.79 Å². The van der Waals surface area contributed by atoms with Crippen LogP contribution in [-0.2, 0) is 0 Å². The Morgan fingerprint density at radius 1 is 0.586 bits per heavy atom. The molecule has 7 aromatic carbocycles. The average Bonchev–Trinajstić information content (AvgIpc) is 4.12. The Hall–Kier alpha value is -6.98. The Kier molecular flexibility index (Phi) is 13.0. The summed E-state index contributed by atoms with van der Waals surface area (Å²) in [5.41, 5.74) is 12.9. The molecule has 0 radical (unpaired) electrons. The van der Waals surface area contributed by atoms with Crippen LogP contribution in [0.4, 0.5) is 22.7 Å². The van der Waals surface area contributed by atoms with Crippen molar-refractivity contribution in [3.05, 3.63) is 166 Å². The molecule has 0 aromatic heterocycles. The van der Waals surface area contributed by atoms with Gasteiger partial charge >= 0.3 is 5.97 Å². The zero-order chi connectivity index (χ0) is 48.8. The van der Waals surface area contributed by atoms with Gasteiger partial charge in [-0.2, -0.15) is 0 Å². The van der Waals surface area contributed by atoms with Gasteiger partial charge in [0.1, 0.15) is 11.5 Å². The van der Waals surface area contributed by atoms with Gasteiger partial charge in [-0.25, -0.2) is 4.79 Å². The molecule has 1 saturated carbocycles. The van der Waals surface area contributed by atoms with Gasteiger partial charge in [0.2, 0.25) is 0 Å². The number of carbonyl (C=O) groups is 1. The smallest absolute Gasteiger partial charge is 0.337 e. The quantitative estimate of drug-likeness (QED) is 0.103. The second-order valence-electron chi connectivity index (χ2n) is 19.3. The number of hydrogen-bond donors (Lipinski definition) is 3. The Morgan fingerprint density at radius 2 is 1.11 bits per heavy atom. The predicted molar refractivity (Wildman–Crippen MR) is 288 cm³/mol. The van der Waals surface area contributed by atoms with Gasteiger partial charge in [0.05, 0.1) is 5.56 Å². The van der Waals surface area contributed by atoms with Crippen LogP contribution < -0.4 is 34.8 Å². The molecule has 3 N–H and O–H groups in total. The number of carboxylic acids is 1. The molecule has 70 heavy (non-hydrogen) atoms. The first-order valence-electron chi connectivity index (χ1n) is 24.2. The van der Waals surface area contributed by atoms with Crippen LogP contribution in [0, 0.1) is 0 Å². The van der Waals surface area contributed by atoms with Crippen molar-refractivity contribution < 1.29 is 24.9 Å². The monoisotopic (exact) mass is 948 g/mol. The molecule has 3 aliphatic rings. The van der Waals surface area contributed by atoms with Crippen LogP contribution in [0.1, 0.15) is 71.9 Å².